The quantitative estimate of drug-likeness (QED) is 0.749. The lowest BCUT2D eigenvalue weighted by atomic mass is 10.0. The van der Waals surface area contributed by atoms with Gasteiger partial charge in [0, 0.05) is 30.0 Å². The first kappa shape index (κ1) is 18.9. The molecule has 0 spiro atoms. The Morgan fingerprint density at radius 1 is 1.18 bits per heavy atom. The van der Waals surface area contributed by atoms with Gasteiger partial charge in [-0.1, -0.05) is 29.8 Å². The molecule has 0 radical (unpaired) electrons. The molecule has 0 amide bonds. The van der Waals surface area contributed by atoms with Gasteiger partial charge in [-0.05, 0) is 30.9 Å². The van der Waals surface area contributed by atoms with Gasteiger partial charge in [-0.15, -0.1) is 0 Å². The molecule has 2 heterocycles. The minimum Gasteiger partial charge on any atom is -0.436 e. The zero-order valence-corrected chi connectivity index (χ0v) is 16.7. The summed E-state index contributed by atoms with van der Waals surface area (Å²) in [6, 6.07) is 3.17. The fourth-order valence-electron chi connectivity index (χ4n) is 3.08. The van der Waals surface area contributed by atoms with Crippen molar-refractivity contribution in [2.75, 3.05) is 13.6 Å². The predicted octanol–water partition coefficient (Wildman–Crippen LogP) is 3.81. The monoisotopic (exact) mass is 417 g/mol. The molecule has 1 aromatic rings. The molecule has 3 aliphatic rings. The highest BCUT2D eigenvalue weighted by Crippen LogP contribution is 2.39. The number of hydrogen-bond acceptors (Lipinski definition) is 6. The van der Waals surface area contributed by atoms with Gasteiger partial charge in [0.05, 0.1) is 16.5 Å². The Bertz CT molecular complexity index is 983. The first-order valence-electron chi connectivity index (χ1n) is 8.83. The van der Waals surface area contributed by atoms with E-state index in [2.05, 4.69) is 16.7 Å². The third-order valence-electron chi connectivity index (χ3n) is 4.81. The summed E-state index contributed by atoms with van der Waals surface area (Å²) in [5, 5.41) is 6.27. The largest absolute Gasteiger partial charge is 0.436 e. The van der Waals surface area contributed by atoms with Crippen LogP contribution in [0.5, 0.6) is 5.75 Å². The lowest BCUT2D eigenvalue weighted by Crippen LogP contribution is -2.28. The molecule has 4 rings (SSSR count). The van der Waals surface area contributed by atoms with E-state index in [1.807, 2.05) is 0 Å². The van der Waals surface area contributed by atoms with Crippen LogP contribution in [0.25, 0.3) is 0 Å². The molecule has 6 nitrogen and oxygen atoms in total. The third kappa shape index (κ3) is 3.62. The van der Waals surface area contributed by atoms with E-state index in [9.17, 15) is 9.59 Å². The Balaban J connectivity index is 1.62. The van der Waals surface area contributed by atoms with E-state index in [0.717, 1.165) is 18.4 Å². The number of Topliss-reactive ketones (excluding diaryl/α,β-unsaturated/α-hetero) is 2. The summed E-state index contributed by atoms with van der Waals surface area (Å²) in [5.41, 5.74) is 2.14. The second-order valence-corrected chi connectivity index (χ2v) is 7.78. The van der Waals surface area contributed by atoms with Gasteiger partial charge in [0.15, 0.2) is 17.3 Å². The van der Waals surface area contributed by atoms with Crippen LogP contribution in [0, 0.1) is 5.92 Å². The van der Waals surface area contributed by atoms with E-state index < -0.39 is 0 Å². The maximum absolute atomic E-state index is 12.3. The number of ketones is 2. The SMILES string of the molecule is C=C1CC(=O)C(c2cc(Cl)c(OC3=NCC(=O)C(C4CC4)=C3)c(Cl)c2)=NN1C. The van der Waals surface area contributed by atoms with Crippen molar-refractivity contribution < 1.29 is 14.3 Å². The number of nitrogens with zero attached hydrogens (tertiary/aromatic N) is 3. The van der Waals surface area contributed by atoms with E-state index in [1.165, 1.54) is 0 Å². The molecule has 0 N–H and O–H groups in total. The summed E-state index contributed by atoms with van der Waals surface area (Å²) in [4.78, 5) is 28.4. The lowest BCUT2D eigenvalue weighted by Gasteiger charge is -2.23. The van der Waals surface area contributed by atoms with Gasteiger partial charge < -0.3 is 4.74 Å². The van der Waals surface area contributed by atoms with Crippen LogP contribution in [0.3, 0.4) is 0 Å². The highest BCUT2D eigenvalue weighted by Gasteiger charge is 2.32. The fraction of sp³-hybridized carbons (Fsp3) is 0.300. The first-order chi connectivity index (χ1) is 13.3. The van der Waals surface area contributed by atoms with Gasteiger partial charge in [-0.3, -0.25) is 14.6 Å². The topological polar surface area (TPSA) is 71.3 Å². The number of aliphatic imine (C=N–C) groups is 1. The second-order valence-electron chi connectivity index (χ2n) is 6.96. The number of carbonyl (C=O) groups excluding carboxylic acids is 2. The van der Waals surface area contributed by atoms with Crippen LogP contribution in [0.4, 0.5) is 0 Å². The molecule has 1 aliphatic carbocycles. The zero-order chi connectivity index (χ0) is 20.0. The number of carbonyl (C=O) groups is 2. The Hall–Kier alpha value is -2.44. The number of hydrazone groups is 1. The highest BCUT2D eigenvalue weighted by atomic mass is 35.5. The Kier molecular flexibility index (Phi) is 4.85. The molecule has 1 fully saturated rings. The summed E-state index contributed by atoms with van der Waals surface area (Å²) in [7, 11) is 1.72. The molecule has 0 atom stereocenters. The molecule has 8 heteroatoms. The number of rotatable bonds is 3. The molecular formula is C20H17Cl2N3O3. The molecule has 28 heavy (non-hydrogen) atoms. The molecule has 2 aliphatic heterocycles. The molecule has 0 bridgehead atoms. The smallest absolute Gasteiger partial charge is 0.215 e. The predicted molar refractivity (Wildman–Crippen MR) is 108 cm³/mol. The number of hydrogen-bond donors (Lipinski definition) is 0. The van der Waals surface area contributed by atoms with Gasteiger partial charge in [-0.25, -0.2) is 4.99 Å². The maximum Gasteiger partial charge on any atom is 0.215 e. The van der Waals surface area contributed by atoms with E-state index in [1.54, 1.807) is 30.3 Å². The Labute approximate surface area is 172 Å². The van der Waals surface area contributed by atoms with E-state index in [-0.39, 0.29) is 46.0 Å². The normalized spacial score (nSPS) is 20.0. The van der Waals surface area contributed by atoms with Crippen LogP contribution in [-0.4, -0.2) is 41.8 Å². The fourth-order valence-corrected chi connectivity index (χ4v) is 3.64. The molecular weight excluding hydrogens is 401 g/mol. The van der Waals surface area contributed by atoms with Gasteiger partial charge in [-0.2, -0.15) is 5.10 Å². The highest BCUT2D eigenvalue weighted by molar-refractivity contribution is 6.48. The van der Waals surface area contributed by atoms with Crippen LogP contribution in [0.2, 0.25) is 10.0 Å². The number of ether oxygens (including phenoxy) is 1. The average molecular weight is 418 g/mol. The molecule has 1 aromatic carbocycles. The lowest BCUT2D eigenvalue weighted by molar-refractivity contribution is -0.115. The summed E-state index contributed by atoms with van der Waals surface area (Å²) < 4.78 is 5.79. The molecule has 1 saturated carbocycles. The van der Waals surface area contributed by atoms with Crippen LogP contribution < -0.4 is 4.74 Å². The van der Waals surface area contributed by atoms with Crippen molar-refractivity contribution >= 4 is 46.4 Å². The van der Waals surface area contributed by atoms with Crippen LogP contribution in [-0.2, 0) is 9.59 Å². The molecule has 0 aromatic heterocycles. The van der Waals surface area contributed by atoms with E-state index in [0.29, 0.717) is 23.1 Å². The molecule has 0 unspecified atom stereocenters. The minimum atomic E-state index is -0.156. The van der Waals surface area contributed by atoms with E-state index in [4.69, 9.17) is 27.9 Å². The zero-order valence-electron chi connectivity index (χ0n) is 15.2. The van der Waals surface area contributed by atoms with E-state index >= 15 is 0 Å². The molecule has 144 valence electrons. The summed E-state index contributed by atoms with van der Waals surface area (Å²) >= 11 is 12.8. The Morgan fingerprint density at radius 2 is 1.86 bits per heavy atom. The molecule has 0 saturated heterocycles. The summed E-state index contributed by atoms with van der Waals surface area (Å²) in [5.74, 6) is 0.711. The van der Waals surface area contributed by atoms with Crippen molar-refractivity contribution in [1.29, 1.82) is 0 Å². The summed E-state index contributed by atoms with van der Waals surface area (Å²) in [6.07, 6.45) is 3.87. The second kappa shape index (κ2) is 7.18. The average Bonchev–Trinajstić information content (AvgIpc) is 3.47. The van der Waals surface area contributed by atoms with Crippen LogP contribution >= 0.6 is 23.2 Å². The van der Waals surface area contributed by atoms with Crippen molar-refractivity contribution in [2.45, 2.75) is 19.3 Å². The maximum atomic E-state index is 12.3. The third-order valence-corrected chi connectivity index (χ3v) is 5.37. The standard InChI is InChI=1S/C20H17Cl2N3O3/c1-10-5-16(26)19(24-25(10)2)12-6-14(21)20(15(22)7-12)28-18-8-13(11-3-4-11)17(27)9-23-18/h6-8,11H,1,3-5,9H2,2H3. The van der Waals surface area contributed by atoms with Gasteiger partial charge in [0.1, 0.15) is 12.3 Å². The van der Waals surface area contributed by atoms with Crippen molar-refractivity contribution in [2.24, 2.45) is 16.0 Å². The minimum absolute atomic E-state index is 0.0296. The number of allylic oxidation sites excluding steroid dienone is 1. The van der Waals surface area contributed by atoms with Crippen molar-refractivity contribution in [1.82, 2.24) is 5.01 Å². The Morgan fingerprint density at radius 3 is 2.50 bits per heavy atom. The number of dihydropyridines is 1. The van der Waals surface area contributed by atoms with Gasteiger partial charge >= 0.3 is 0 Å². The number of benzene rings is 1. The van der Waals surface area contributed by atoms with Crippen LogP contribution in [0.1, 0.15) is 24.8 Å². The van der Waals surface area contributed by atoms with Gasteiger partial charge in [0.2, 0.25) is 5.90 Å². The van der Waals surface area contributed by atoms with Crippen LogP contribution in [0.15, 0.2) is 46.2 Å². The summed E-state index contributed by atoms with van der Waals surface area (Å²) in [6.45, 7) is 3.86. The van der Waals surface area contributed by atoms with Crippen molar-refractivity contribution in [3.63, 3.8) is 0 Å². The first-order valence-corrected chi connectivity index (χ1v) is 9.59. The van der Waals surface area contributed by atoms with Crippen molar-refractivity contribution in [3.8, 4) is 5.75 Å². The number of halogens is 2. The van der Waals surface area contributed by atoms with Gasteiger partial charge in [0.25, 0.3) is 0 Å². The van der Waals surface area contributed by atoms with Crippen molar-refractivity contribution in [3.05, 3.63) is 51.7 Å².